The highest BCUT2D eigenvalue weighted by molar-refractivity contribution is 5.74. The van der Waals surface area contributed by atoms with Crippen molar-refractivity contribution in [2.75, 3.05) is 6.61 Å². The van der Waals surface area contributed by atoms with E-state index in [-0.39, 0.29) is 11.4 Å². The Bertz CT molecular complexity index is 1050. The molecule has 0 heterocycles. The maximum absolute atomic E-state index is 14.9. The fourth-order valence-corrected chi connectivity index (χ4v) is 4.03. The topological polar surface area (TPSA) is 33.0 Å². The van der Waals surface area contributed by atoms with E-state index in [1.165, 1.54) is 19.3 Å². The van der Waals surface area contributed by atoms with Gasteiger partial charge in [0.1, 0.15) is 17.6 Å². The molecule has 3 heteroatoms. The Hall–Kier alpha value is -3.12. The molecule has 0 saturated heterocycles. The van der Waals surface area contributed by atoms with Gasteiger partial charge in [0.2, 0.25) is 0 Å². The van der Waals surface area contributed by atoms with E-state index in [4.69, 9.17) is 4.74 Å². The number of ether oxygens (including phenoxy) is 1. The number of rotatable bonds is 12. The third kappa shape index (κ3) is 6.68. The van der Waals surface area contributed by atoms with Gasteiger partial charge < -0.3 is 4.74 Å². The predicted octanol–water partition coefficient (Wildman–Crippen LogP) is 8.72. The fourth-order valence-electron chi connectivity index (χ4n) is 4.03. The lowest BCUT2D eigenvalue weighted by atomic mass is 9.94. The largest absolute Gasteiger partial charge is 0.494 e. The van der Waals surface area contributed by atoms with Crippen molar-refractivity contribution < 1.29 is 9.13 Å². The van der Waals surface area contributed by atoms with Gasteiger partial charge in [-0.1, -0.05) is 94.5 Å². The number of benzene rings is 3. The maximum atomic E-state index is 14.9. The van der Waals surface area contributed by atoms with E-state index in [1.807, 2.05) is 48.5 Å². The van der Waals surface area contributed by atoms with Crippen LogP contribution < -0.4 is 4.74 Å². The van der Waals surface area contributed by atoms with E-state index in [1.54, 1.807) is 0 Å². The molecule has 0 atom stereocenters. The Morgan fingerprint density at radius 3 is 1.97 bits per heavy atom. The Morgan fingerprint density at radius 1 is 0.727 bits per heavy atom. The van der Waals surface area contributed by atoms with Gasteiger partial charge >= 0.3 is 0 Å². The molecule has 0 spiro atoms. The summed E-state index contributed by atoms with van der Waals surface area (Å²) in [4.78, 5) is 0. The molecular weight excluding hydrogens is 409 g/mol. The standard InChI is InChI=1S/C30H34FNO/c1-3-5-7-9-21-33-27-18-15-24(16-19-27)23-11-13-25(14-12-23)28-20-17-26(10-8-6-4-2)30(31)29(28)22-32/h11-20H,3-10,21H2,1-2H3. The van der Waals surface area contributed by atoms with Crippen molar-refractivity contribution in [3.8, 4) is 34.1 Å². The van der Waals surface area contributed by atoms with Crippen LogP contribution in [0.4, 0.5) is 4.39 Å². The van der Waals surface area contributed by atoms with Gasteiger partial charge in [-0.3, -0.25) is 0 Å². The molecule has 0 N–H and O–H groups in total. The summed E-state index contributed by atoms with van der Waals surface area (Å²) in [5.74, 6) is 0.514. The van der Waals surface area contributed by atoms with Crippen LogP contribution >= 0.6 is 0 Å². The number of halogens is 1. The monoisotopic (exact) mass is 443 g/mol. The van der Waals surface area contributed by atoms with Crippen molar-refractivity contribution in [2.24, 2.45) is 0 Å². The number of nitriles is 1. The highest BCUT2D eigenvalue weighted by Crippen LogP contribution is 2.30. The third-order valence-electron chi connectivity index (χ3n) is 6.03. The maximum Gasteiger partial charge on any atom is 0.144 e. The highest BCUT2D eigenvalue weighted by Gasteiger charge is 2.14. The molecule has 0 radical (unpaired) electrons. The van der Waals surface area contributed by atoms with Crippen molar-refractivity contribution >= 4 is 0 Å². The molecule has 3 aromatic rings. The van der Waals surface area contributed by atoms with Crippen LogP contribution in [0.2, 0.25) is 0 Å². The minimum atomic E-state index is -0.375. The number of aryl methyl sites for hydroxylation is 1. The van der Waals surface area contributed by atoms with E-state index >= 15 is 0 Å². The SMILES string of the molecule is CCCCCCOc1ccc(-c2ccc(-c3ccc(CCCCC)c(F)c3C#N)cc2)cc1. The Morgan fingerprint density at radius 2 is 1.33 bits per heavy atom. The molecule has 0 aliphatic rings. The molecule has 3 aromatic carbocycles. The summed E-state index contributed by atoms with van der Waals surface area (Å²) in [6.45, 7) is 5.09. The second-order valence-electron chi connectivity index (χ2n) is 8.54. The molecule has 0 fully saturated rings. The summed E-state index contributed by atoms with van der Waals surface area (Å²) in [6, 6.07) is 21.9. The normalized spacial score (nSPS) is 10.7. The van der Waals surface area contributed by atoms with Gasteiger partial charge in [-0.2, -0.15) is 5.26 Å². The number of hydrogen-bond acceptors (Lipinski definition) is 2. The summed E-state index contributed by atoms with van der Waals surface area (Å²) in [5.41, 5.74) is 4.43. The van der Waals surface area contributed by atoms with Crippen molar-refractivity contribution in [3.63, 3.8) is 0 Å². The van der Waals surface area contributed by atoms with E-state index in [0.29, 0.717) is 17.5 Å². The van der Waals surface area contributed by atoms with Gasteiger partial charge in [-0.15, -0.1) is 0 Å². The second-order valence-corrected chi connectivity index (χ2v) is 8.54. The zero-order valence-electron chi connectivity index (χ0n) is 19.9. The van der Waals surface area contributed by atoms with Gasteiger partial charge in [-0.05, 0) is 53.6 Å². The van der Waals surface area contributed by atoms with Gasteiger partial charge in [0.05, 0.1) is 12.2 Å². The van der Waals surface area contributed by atoms with Crippen molar-refractivity contribution in [3.05, 3.63) is 77.6 Å². The first-order valence-electron chi connectivity index (χ1n) is 12.2. The molecule has 0 aromatic heterocycles. The van der Waals surface area contributed by atoms with Gasteiger partial charge in [-0.25, -0.2) is 4.39 Å². The summed E-state index contributed by atoms with van der Waals surface area (Å²) in [7, 11) is 0. The first kappa shape index (κ1) is 24.5. The fraction of sp³-hybridized carbons (Fsp3) is 0.367. The Balaban J connectivity index is 1.70. The second kappa shape index (κ2) is 12.8. The Labute approximate surface area is 198 Å². The van der Waals surface area contributed by atoms with Crippen LogP contribution in [0, 0.1) is 17.1 Å². The lowest BCUT2D eigenvalue weighted by Gasteiger charge is -2.11. The quantitative estimate of drug-likeness (QED) is 0.262. The molecule has 0 aliphatic carbocycles. The summed E-state index contributed by atoms with van der Waals surface area (Å²) in [6.07, 6.45) is 8.54. The Kier molecular flexibility index (Phi) is 9.51. The average molecular weight is 444 g/mol. The molecule has 0 amide bonds. The van der Waals surface area contributed by atoms with Crippen molar-refractivity contribution in [1.29, 1.82) is 5.26 Å². The average Bonchev–Trinajstić information content (AvgIpc) is 2.85. The molecule has 0 bridgehead atoms. The van der Waals surface area contributed by atoms with Crippen molar-refractivity contribution in [1.82, 2.24) is 0 Å². The van der Waals surface area contributed by atoms with Crippen LogP contribution in [-0.2, 0) is 6.42 Å². The molecule has 0 saturated carbocycles. The molecular formula is C30H34FNO. The van der Waals surface area contributed by atoms with Gasteiger partial charge in [0.25, 0.3) is 0 Å². The first-order chi connectivity index (χ1) is 16.2. The lowest BCUT2D eigenvalue weighted by Crippen LogP contribution is -1.97. The van der Waals surface area contributed by atoms with Gasteiger partial charge in [0, 0.05) is 5.56 Å². The van der Waals surface area contributed by atoms with Crippen LogP contribution in [0.25, 0.3) is 22.3 Å². The summed E-state index contributed by atoms with van der Waals surface area (Å²) < 4.78 is 20.8. The highest BCUT2D eigenvalue weighted by atomic mass is 19.1. The summed E-state index contributed by atoms with van der Waals surface area (Å²) >= 11 is 0. The van der Waals surface area contributed by atoms with E-state index in [2.05, 4.69) is 32.0 Å². The van der Waals surface area contributed by atoms with E-state index in [0.717, 1.165) is 54.7 Å². The zero-order chi connectivity index (χ0) is 23.5. The molecule has 0 aliphatic heterocycles. The minimum Gasteiger partial charge on any atom is -0.494 e. The molecule has 33 heavy (non-hydrogen) atoms. The molecule has 172 valence electrons. The molecule has 2 nitrogen and oxygen atoms in total. The van der Waals surface area contributed by atoms with Crippen LogP contribution in [0.1, 0.15) is 69.9 Å². The van der Waals surface area contributed by atoms with Crippen LogP contribution in [0.15, 0.2) is 60.7 Å². The van der Waals surface area contributed by atoms with E-state index < -0.39 is 0 Å². The number of hydrogen-bond donors (Lipinski definition) is 0. The third-order valence-corrected chi connectivity index (χ3v) is 6.03. The molecule has 0 unspecified atom stereocenters. The summed E-state index contributed by atoms with van der Waals surface area (Å²) in [5, 5.41) is 9.62. The van der Waals surface area contributed by atoms with Crippen LogP contribution in [0.5, 0.6) is 5.75 Å². The van der Waals surface area contributed by atoms with Gasteiger partial charge in [0.15, 0.2) is 0 Å². The lowest BCUT2D eigenvalue weighted by molar-refractivity contribution is 0.305. The van der Waals surface area contributed by atoms with E-state index in [9.17, 15) is 9.65 Å². The zero-order valence-corrected chi connectivity index (χ0v) is 19.9. The smallest absolute Gasteiger partial charge is 0.144 e. The van der Waals surface area contributed by atoms with Crippen molar-refractivity contribution in [2.45, 2.75) is 65.2 Å². The molecule has 3 rings (SSSR count). The number of nitrogens with zero attached hydrogens (tertiary/aromatic N) is 1. The minimum absolute atomic E-state index is 0.136. The van der Waals surface area contributed by atoms with Crippen LogP contribution in [0.3, 0.4) is 0 Å². The number of unbranched alkanes of at least 4 members (excludes halogenated alkanes) is 5. The first-order valence-corrected chi connectivity index (χ1v) is 12.2. The predicted molar refractivity (Wildman–Crippen MR) is 135 cm³/mol. The van der Waals surface area contributed by atoms with Crippen LogP contribution in [-0.4, -0.2) is 6.61 Å².